The summed E-state index contributed by atoms with van der Waals surface area (Å²) in [6, 6.07) is 10.8. The summed E-state index contributed by atoms with van der Waals surface area (Å²) in [6.45, 7) is 1.89. The van der Waals surface area contributed by atoms with Gasteiger partial charge in [-0.1, -0.05) is 23.5 Å². The monoisotopic (exact) mass is 410 g/mol. The first-order valence-electron chi connectivity index (χ1n) is 8.71. The van der Waals surface area contributed by atoms with Crippen LogP contribution in [-0.2, 0) is 11.3 Å². The molecule has 0 unspecified atom stereocenters. The summed E-state index contributed by atoms with van der Waals surface area (Å²) in [5, 5.41) is 11.0. The Morgan fingerprint density at radius 3 is 2.38 bits per heavy atom. The van der Waals surface area contributed by atoms with E-state index in [1.165, 1.54) is 12.1 Å². The van der Waals surface area contributed by atoms with Gasteiger partial charge in [-0.25, -0.2) is 0 Å². The normalized spacial score (nSPS) is 14.0. The van der Waals surface area contributed by atoms with E-state index in [4.69, 9.17) is 0 Å². The van der Waals surface area contributed by atoms with Crippen LogP contribution in [0.3, 0.4) is 0 Å². The van der Waals surface area contributed by atoms with E-state index in [0.717, 1.165) is 21.8 Å². The Morgan fingerprint density at radius 1 is 1.14 bits per heavy atom. The van der Waals surface area contributed by atoms with Gasteiger partial charge in [0, 0.05) is 18.7 Å². The molecule has 0 atom stereocenters. The Hall–Kier alpha value is -3.66. The fourth-order valence-electron chi connectivity index (χ4n) is 3.23. The zero-order chi connectivity index (χ0) is 20.7. The molecule has 1 aliphatic heterocycles. The number of imide groups is 1. The van der Waals surface area contributed by atoms with Gasteiger partial charge in [-0.05, 0) is 25.1 Å². The number of amides is 3. The maximum Gasteiger partial charge on any atom is 0.270 e. The number of nitro groups is 1. The van der Waals surface area contributed by atoms with E-state index in [1.54, 1.807) is 34.9 Å². The first kappa shape index (κ1) is 18.7. The van der Waals surface area contributed by atoms with Crippen LogP contribution >= 0.6 is 11.3 Å². The van der Waals surface area contributed by atoms with Crippen molar-refractivity contribution in [3.8, 4) is 0 Å². The summed E-state index contributed by atoms with van der Waals surface area (Å²) in [7, 11) is 0. The van der Waals surface area contributed by atoms with Crippen molar-refractivity contribution in [2.45, 2.75) is 13.5 Å². The molecule has 9 nitrogen and oxygen atoms in total. The molecule has 0 aliphatic carbocycles. The maximum absolute atomic E-state index is 12.5. The summed E-state index contributed by atoms with van der Waals surface area (Å²) < 4.78 is 2.37. The van der Waals surface area contributed by atoms with E-state index in [-0.39, 0.29) is 16.8 Å². The van der Waals surface area contributed by atoms with Gasteiger partial charge in [0.2, 0.25) is 0 Å². The summed E-state index contributed by atoms with van der Waals surface area (Å²) in [5.41, 5.74) is 1.20. The average Bonchev–Trinajstić information content (AvgIpc) is 3.17. The number of fused-ring (bicyclic) bond motifs is 2. The standard InChI is InChI=1S/C19H14N4O5S/c1-2-21-14-8-7-11(23(27)28)9-15(14)29-19(21)20-16(24)10-22-17(25)12-5-3-4-6-13(12)18(22)26/h3-9H,2,10H2,1H3. The molecule has 3 amide bonds. The number of thiazole rings is 1. The number of aryl methyl sites for hydroxylation is 1. The molecule has 1 aliphatic rings. The summed E-state index contributed by atoms with van der Waals surface area (Å²) in [4.78, 5) is 53.1. The number of rotatable bonds is 4. The fraction of sp³-hybridized carbons (Fsp3) is 0.158. The average molecular weight is 410 g/mol. The lowest BCUT2D eigenvalue weighted by Gasteiger charge is -2.10. The molecule has 2 aromatic carbocycles. The van der Waals surface area contributed by atoms with Gasteiger partial charge in [0.15, 0.2) is 4.80 Å². The highest BCUT2D eigenvalue weighted by Crippen LogP contribution is 2.24. The highest BCUT2D eigenvalue weighted by atomic mass is 32.1. The SMILES string of the molecule is CCn1c(=NC(=O)CN2C(=O)c3ccccc3C2=O)sc2cc([N+](=O)[O-])ccc21. The Labute approximate surface area is 167 Å². The van der Waals surface area contributed by atoms with Crippen LogP contribution in [0.5, 0.6) is 0 Å². The van der Waals surface area contributed by atoms with Crippen molar-refractivity contribution in [2.75, 3.05) is 6.54 Å². The molecule has 0 radical (unpaired) electrons. The third kappa shape index (κ3) is 3.13. The van der Waals surface area contributed by atoms with Crippen molar-refractivity contribution in [1.29, 1.82) is 0 Å². The second-order valence-electron chi connectivity index (χ2n) is 6.29. The molecule has 10 heteroatoms. The molecule has 146 valence electrons. The van der Waals surface area contributed by atoms with Crippen LogP contribution < -0.4 is 4.80 Å². The van der Waals surface area contributed by atoms with Crippen molar-refractivity contribution in [2.24, 2.45) is 4.99 Å². The lowest BCUT2D eigenvalue weighted by atomic mass is 10.1. The minimum absolute atomic E-state index is 0.0501. The molecule has 0 N–H and O–H groups in total. The van der Waals surface area contributed by atoms with Crippen LogP contribution in [0.4, 0.5) is 5.69 Å². The zero-order valence-electron chi connectivity index (χ0n) is 15.2. The molecule has 4 rings (SSSR count). The summed E-state index contributed by atoms with van der Waals surface area (Å²) in [5.74, 6) is -1.70. The van der Waals surface area contributed by atoms with Gasteiger partial charge in [0.1, 0.15) is 6.54 Å². The van der Waals surface area contributed by atoms with Gasteiger partial charge in [-0.15, -0.1) is 0 Å². The molecule has 0 fully saturated rings. The lowest BCUT2D eigenvalue weighted by Crippen LogP contribution is -2.35. The van der Waals surface area contributed by atoms with Gasteiger partial charge in [-0.3, -0.25) is 29.4 Å². The van der Waals surface area contributed by atoms with E-state index in [2.05, 4.69) is 4.99 Å². The second kappa shape index (κ2) is 7.06. The molecule has 0 spiro atoms. The van der Waals surface area contributed by atoms with Crippen molar-refractivity contribution in [3.63, 3.8) is 0 Å². The topological polar surface area (TPSA) is 115 Å². The van der Waals surface area contributed by atoms with E-state index in [0.29, 0.717) is 16.0 Å². The number of carbonyl (C=O) groups excluding carboxylic acids is 3. The van der Waals surface area contributed by atoms with Gasteiger partial charge < -0.3 is 4.57 Å². The minimum Gasteiger partial charge on any atom is -0.317 e. The van der Waals surface area contributed by atoms with Gasteiger partial charge in [-0.2, -0.15) is 4.99 Å². The minimum atomic E-state index is -0.650. The predicted molar refractivity (Wildman–Crippen MR) is 105 cm³/mol. The number of hydrogen-bond donors (Lipinski definition) is 0. The zero-order valence-corrected chi connectivity index (χ0v) is 16.0. The van der Waals surface area contributed by atoms with Crippen LogP contribution in [0.1, 0.15) is 27.6 Å². The number of aromatic nitrogens is 1. The van der Waals surface area contributed by atoms with Crippen molar-refractivity contribution in [1.82, 2.24) is 9.47 Å². The van der Waals surface area contributed by atoms with Crippen LogP contribution in [-0.4, -0.2) is 38.7 Å². The van der Waals surface area contributed by atoms with E-state index >= 15 is 0 Å². The Balaban J connectivity index is 1.67. The van der Waals surface area contributed by atoms with Gasteiger partial charge >= 0.3 is 0 Å². The third-order valence-corrected chi connectivity index (χ3v) is 5.63. The number of nitrogens with zero attached hydrogens (tertiary/aromatic N) is 4. The van der Waals surface area contributed by atoms with Crippen molar-refractivity contribution >= 4 is 45.0 Å². The highest BCUT2D eigenvalue weighted by molar-refractivity contribution is 7.16. The third-order valence-electron chi connectivity index (χ3n) is 4.59. The molecule has 1 aromatic heterocycles. The van der Waals surface area contributed by atoms with Crippen molar-refractivity contribution in [3.05, 3.63) is 68.5 Å². The van der Waals surface area contributed by atoms with E-state index < -0.39 is 29.2 Å². The smallest absolute Gasteiger partial charge is 0.270 e. The van der Waals surface area contributed by atoms with E-state index in [9.17, 15) is 24.5 Å². The van der Waals surface area contributed by atoms with Crippen LogP contribution in [0.15, 0.2) is 47.5 Å². The summed E-state index contributed by atoms with van der Waals surface area (Å²) in [6.07, 6.45) is 0. The Morgan fingerprint density at radius 2 is 1.79 bits per heavy atom. The highest BCUT2D eigenvalue weighted by Gasteiger charge is 2.36. The quantitative estimate of drug-likeness (QED) is 0.372. The molecule has 2 heterocycles. The molecule has 3 aromatic rings. The molecule has 0 saturated heterocycles. The first-order chi connectivity index (χ1) is 13.9. The molecule has 29 heavy (non-hydrogen) atoms. The molecule has 0 saturated carbocycles. The number of hydrogen-bond acceptors (Lipinski definition) is 6. The molecular formula is C19H14N4O5S. The van der Waals surface area contributed by atoms with Crippen LogP contribution in [0, 0.1) is 10.1 Å². The van der Waals surface area contributed by atoms with Crippen molar-refractivity contribution < 1.29 is 19.3 Å². The molecule has 0 bridgehead atoms. The second-order valence-corrected chi connectivity index (χ2v) is 7.29. The summed E-state index contributed by atoms with van der Waals surface area (Å²) >= 11 is 1.14. The Bertz CT molecular complexity index is 1240. The van der Waals surface area contributed by atoms with Crippen LogP contribution in [0.2, 0.25) is 0 Å². The Kier molecular flexibility index (Phi) is 4.55. The molecular weight excluding hydrogens is 396 g/mol. The fourth-order valence-corrected chi connectivity index (χ4v) is 4.37. The van der Waals surface area contributed by atoms with Gasteiger partial charge in [0.05, 0.1) is 26.3 Å². The number of carbonyl (C=O) groups is 3. The number of nitro benzene ring substituents is 1. The number of benzene rings is 2. The lowest BCUT2D eigenvalue weighted by molar-refractivity contribution is -0.384. The van der Waals surface area contributed by atoms with Gasteiger partial charge in [0.25, 0.3) is 23.4 Å². The predicted octanol–water partition coefficient (Wildman–Crippen LogP) is 2.35. The van der Waals surface area contributed by atoms with E-state index in [1.807, 2.05) is 6.92 Å². The first-order valence-corrected chi connectivity index (χ1v) is 9.53. The maximum atomic E-state index is 12.5. The number of non-ortho nitro benzene ring substituents is 1. The van der Waals surface area contributed by atoms with Crippen LogP contribution in [0.25, 0.3) is 10.2 Å². The largest absolute Gasteiger partial charge is 0.317 e.